The quantitative estimate of drug-likeness (QED) is 0.613. The number of methoxy groups -OCH3 is 1. The molecular formula is C7H9N3O2. The molecule has 0 aromatic carbocycles. The SMILES string of the molecule is COC(=O)c1ncncc1CN. The summed E-state index contributed by atoms with van der Waals surface area (Å²) in [7, 11) is 1.30. The molecule has 0 aliphatic heterocycles. The van der Waals surface area contributed by atoms with Crippen molar-refractivity contribution >= 4 is 5.97 Å². The highest BCUT2D eigenvalue weighted by molar-refractivity contribution is 5.88. The number of nitrogens with two attached hydrogens (primary N) is 1. The van der Waals surface area contributed by atoms with Gasteiger partial charge in [-0.2, -0.15) is 0 Å². The molecule has 0 spiro atoms. The Labute approximate surface area is 69.6 Å². The van der Waals surface area contributed by atoms with Crippen LogP contribution in [0.3, 0.4) is 0 Å². The molecule has 1 rings (SSSR count). The second kappa shape index (κ2) is 3.77. The Kier molecular flexibility index (Phi) is 2.71. The zero-order chi connectivity index (χ0) is 8.97. The number of hydrogen-bond donors (Lipinski definition) is 1. The van der Waals surface area contributed by atoms with Crippen molar-refractivity contribution in [2.75, 3.05) is 7.11 Å². The van der Waals surface area contributed by atoms with Crippen molar-refractivity contribution in [1.82, 2.24) is 9.97 Å². The molecule has 0 atom stereocenters. The average Bonchev–Trinajstić information content (AvgIpc) is 2.16. The zero-order valence-corrected chi connectivity index (χ0v) is 6.65. The highest BCUT2D eigenvalue weighted by atomic mass is 16.5. The molecule has 0 saturated heterocycles. The third-order valence-electron chi connectivity index (χ3n) is 1.39. The lowest BCUT2D eigenvalue weighted by atomic mass is 10.2. The summed E-state index contributed by atoms with van der Waals surface area (Å²) in [6, 6.07) is 0. The van der Waals surface area contributed by atoms with Crippen molar-refractivity contribution in [3.05, 3.63) is 23.8 Å². The summed E-state index contributed by atoms with van der Waals surface area (Å²) in [5.41, 5.74) is 6.17. The van der Waals surface area contributed by atoms with E-state index in [0.717, 1.165) is 0 Å². The number of ether oxygens (including phenoxy) is 1. The van der Waals surface area contributed by atoms with E-state index in [2.05, 4.69) is 14.7 Å². The number of nitrogens with zero attached hydrogens (tertiary/aromatic N) is 2. The van der Waals surface area contributed by atoms with Crippen molar-refractivity contribution in [2.45, 2.75) is 6.54 Å². The third-order valence-corrected chi connectivity index (χ3v) is 1.39. The van der Waals surface area contributed by atoms with E-state index in [1.165, 1.54) is 19.6 Å². The van der Waals surface area contributed by atoms with Gasteiger partial charge in [-0.05, 0) is 0 Å². The van der Waals surface area contributed by atoms with Crippen LogP contribution < -0.4 is 5.73 Å². The predicted octanol–water partition coefficient (Wildman–Crippen LogP) is -0.278. The Morgan fingerprint density at radius 3 is 3.08 bits per heavy atom. The van der Waals surface area contributed by atoms with Crippen molar-refractivity contribution < 1.29 is 9.53 Å². The summed E-state index contributed by atoms with van der Waals surface area (Å²) >= 11 is 0. The van der Waals surface area contributed by atoms with Crippen LogP contribution in [0, 0.1) is 0 Å². The maximum Gasteiger partial charge on any atom is 0.357 e. The fourth-order valence-corrected chi connectivity index (χ4v) is 0.788. The molecule has 1 heterocycles. The molecule has 1 aromatic heterocycles. The van der Waals surface area contributed by atoms with Crippen LogP contribution in [-0.2, 0) is 11.3 Å². The van der Waals surface area contributed by atoms with Crippen molar-refractivity contribution in [2.24, 2.45) is 5.73 Å². The number of carbonyl (C=O) groups excluding carboxylic acids is 1. The minimum absolute atomic E-state index is 0.227. The first-order valence-electron chi connectivity index (χ1n) is 3.37. The van der Waals surface area contributed by atoms with Crippen molar-refractivity contribution in [3.8, 4) is 0 Å². The van der Waals surface area contributed by atoms with Gasteiger partial charge in [0.1, 0.15) is 6.33 Å². The van der Waals surface area contributed by atoms with Gasteiger partial charge in [0.15, 0.2) is 5.69 Å². The monoisotopic (exact) mass is 167 g/mol. The summed E-state index contributed by atoms with van der Waals surface area (Å²) in [6.07, 6.45) is 2.78. The molecule has 1 aromatic rings. The fourth-order valence-electron chi connectivity index (χ4n) is 0.788. The van der Waals surface area contributed by atoms with Crippen LogP contribution in [0.5, 0.6) is 0 Å². The normalized spacial score (nSPS) is 9.50. The van der Waals surface area contributed by atoms with Gasteiger partial charge in [-0.1, -0.05) is 0 Å². The first-order valence-corrected chi connectivity index (χ1v) is 3.37. The number of aromatic nitrogens is 2. The molecule has 12 heavy (non-hydrogen) atoms. The third kappa shape index (κ3) is 1.57. The van der Waals surface area contributed by atoms with Gasteiger partial charge in [-0.3, -0.25) is 0 Å². The molecule has 0 aliphatic carbocycles. The number of carbonyl (C=O) groups is 1. The van der Waals surface area contributed by atoms with Crippen LogP contribution in [0.25, 0.3) is 0 Å². The molecule has 2 N–H and O–H groups in total. The predicted molar refractivity (Wildman–Crippen MR) is 41.3 cm³/mol. The Hall–Kier alpha value is -1.49. The van der Waals surface area contributed by atoms with E-state index >= 15 is 0 Å². The minimum Gasteiger partial charge on any atom is -0.464 e. The largest absolute Gasteiger partial charge is 0.464 e. The Morgan fingerprint density at radius 2 is 2.50 bits per heavy atom. The molecule has 0 fully saturated rings. The average molecular weight is 167 g/mol. The van der Waals surface area contributed by atoms with Crippen molar-refractivity contribution in [1.29, 1.82) is 0 Å². The molecule has 64 valence electrons. The maximum absolute atomic E-state index is 11.0. The highest BCUT2D eigenvalue weighted by Crippen LogP contribution is 2.03. The first kappa shape index (κ1) is 8.61. The molecule has 0 bridgehead atoms. The fraction of sp³-hybridized carbons (Fsp3) is 0.286. The van der Waals surface area contributed by atoms with E-state index in [1.807, 2.05) is 0 Å². The summed E-state index contributed by atoms with van der Waals surface area (Å²) in [4.78, 5) is 18.5. The second-order valence-corrected chi connectivity index (χ2v) is 2.09. The molecule has 0 amide bonds. The van der Waals surface area contributed by atoms with Gasteiger partial charge in [-0.15, -0.1) is 0 Å². The zero-order valence-electron chi connectivity index (χ0n) is 6.65. The number of rotatable bonds is 2. The number of esters is 1. The highest BCUT2D eigenvalue weighted by Gasteiger charge is 2.11. The maximum atomic E-state index is 11.0. The van der Waals surface area contributed by atoms with Crippen LogP contribution in [0.2, 0.25) is 0 Å². The lowest BCUT2D eigenvalue weighted by molar-refractivity contribution is 0.0592. The van der Waals surface area contributed by atoms with Gasteiger partial charge < -0.3 is 10.5 Å². The van der Waals surface area contributed by atoms with E-state index in [-0.39, 0.29) is 12.2 Å². The smallest absolute Gasteiger partial charge is 0.357 e. The first-order chi connectivity index (χ1) is 5.79. The van der Waals surface area contributed by atoms with Gasteiger partial charge in [0.2, 0.25) is 0 Å². The standard InChI is InChI=1S/C7H9N3O2/c1-12-7(11)6-5(2-8)3-9-4-10-6/h3-4H,2,8H2,1H3. The van der Waals surface area contributed by atoms with Crippen LogP contribution >= 0.6 is 0 Å². The topological polar surface area (TPSA) is 78.1 Å². The van der Waals surface area contributed by atoms with Gasteiger partial charge in [0.05, 0.1) is 7.11 Å². The van der Waals surface area contributed by atoms with Crippen LogP contribution in [0.1, 0.15) is 16.1 Å². The van der Waals surface area contributed by atoms with Gasteiger partial charge in [-0.25, -0.2) is 14.8 Å². The molecule has 5 nitrogen and oxygen atoms in total. The van der Waals surface area contributed by atoms with E-state index in [9.17, 15) is 4.79 Å². The molecular weight excluding hydrogens is 158 g/mol. The Balaban J connectivity index is 3.04. The van der Waals surface area contributed by atoms with E-state index in [4.69, 9.17) is 5.73 Å². The second-order valence-electron chi connectivity index (χ2n) is 2.09. The molecule has 0 saturated carbocycles. The molecule has 0 aliphatic rings. The summed E-state index contributed by atoms with van der Waals surface area (Å²) < 4.78 is 4.49. The van der Waals surface area contributed by atoms with E-state index < -0.39 is 5.97 Å². The van der Waals surface area contributed by atoms with Crippen molar-refractivity contribution in [3.63, 3.8) is 0 Å². The van der Waals surface area contributed by atoms with E-state index in [1.54, 1.807) is 0 Å². The van der Waals surface area contributed by atoms with Gasteiger partial charge >= 0.3 is 5.97 Å². The van der Waals surface area contributed by atoms with Gasteiger partial charge in [0, 0.05) is 18.3 Å². The van der Waals surface area contributed by atoms with Crippen LogP contribution in [0.4, 0.5) is 0 Å². The Bertz CT molecular complexity index is 288. The van der Waals surface area contributed by atoms with E-state index in [0.29, 0.717) is 5.56 Å². The van der Waals surface area contributed by atoms with Crippen LogP contribution in [-0.4, -0.2) is 23.0 Å². The summed E-state index contributed by atoms with van der Waals surface area (Å²) in [6.45, 7) is 0.227. The number of hydrogen-bond acceptors (Lipinski definition) is 5. The molecule has 0 radical (unpaired) electrons. The van der Waals surface area contributed by atoms with Gasteiger partial charge in [0.25, 0.3) is 0 Å². The molecule has 5 heteroatoms. The summed E-state index contributed by atoms with van der Waals surface area (Å²) in [5.74, 6) is -0.488. The lowest BCUT2D eigenvalue weighted by Crippen LogP contribution is -2.11. The minimum atomic E-state index is -0.488. The Morgan fingerprint density at radius 1 is 1.75 bits per heavy atom. The lowest BCUT2D eigenvalue weighted by Gasteiger charge is -2.01. The molecule has 0 unspecified atom stereocenters. The van der Waals surface area contributed by atoms with Crippen LogP contribution in [0.15, 0.2) is 12.5 Å². The summed E-state index contributed by atoms with van der Waals surface area (Å²) in [5, 5.41) is 0.